The molecule has 0 atom stereocenters. The van der Waals surface area contributed by atoms with E-state index in [1.54, 1.807) is 18.3 Å². The van der Waals surface area contributed by atoms with Gasteiger partial charge in [0.25, 0.3) is 0 Å². The Morgan fingerprint density at radius 1 is 0.585 bits per heavy atom. The third-order valence-corrected chi connectivity index (χ3v) is 12.5. The van der Waals surface area contributed by atoms with Gasteiger partial charge in [0.1, 0.15) is 5.82 Å². The van der Waals surface area contributed by atoms with Gasteiger partial charge in [-0.2, -0.15) is 12.1 Å². The second-order valence-electron chi connectivity index (χ2n) is 16.1. The number of hydrogen-bond acceptors (Lipinski definition) is 5. The summed E-state index contributed by atoms with van der Waals surface area (Å²) in [5, 5.41) is 3.75. The fourth-order valence-electron chi connectivity index (χ4n) is 9.63. The van der Waals surface area contributed by atoms with Crippen LogP contribution in [0.3, 0.4) is 0 Å². The van der Waals surface area contributed by atoms with Gasteiger partial charge >= 0.3 is 0 Å². The first kappa shape index (κ1) is 32.9. The monoisotopic (exact) mass is 1030 g/mol. The molecule has 1 aliphatic heterocycles. The average molecular weight is 1030 g/mol. The normalized spacial score (nSPS) is 14.4. The molecule has 0 saturated heterocycles. The maximum atomic E-state index is 8.93. The molecule has 0 unspecified atom stereocenters. The first-order valence-corrected chi connectivity index (χ1v) is 21.0. The quantitative estimate of drug-likeness (QED) is 0.155. The van der Waals surface area contributed by atoms with Crippen molar-refractivity contribution in [1.29, 1.82) is 0 Å². The summed E-state index contributed by atoms with van der Waals surface area (Å²) in [6.45, 7) is -1.30. The number of ether oxygens (including phenoxy) is 1. The molecule has 0 saturated carbocycles. The number of aryl methyl sites for hydroxylation is 3. The molecule has 0 bridgehead atoms. The van der Waals surface area contributed by atoms with Crippen molar-refractivity contribution >= 4 is 88.3 Å². The molecule has 0 spiro atoms. The number of rotatable bonds is 6. The van der Waals surface area contributed by atoms with Crippen LogP contribution in [0.4, 0.5) is 22.7 Å². The van der Waals surface area contributed by atoms with E-state index in [4.69, 9.17) is 22.9 Å². The molecule has 0 aliphatic carbocycles. The summed E-state index contributed by atoms with van der Waals surface area (Å²) in [5.74, 6) is 1.61. The molecule has 0 amide bonds. The molecule has 7 aromatic carbocycles. The Bertz CT molecular complexity index is 4000. The van der Waals surface area contributed by atoms with Crippen LogP contribution < -0.4 is 14.5 Å². The molecular weight excluding hydrogens is 982 g/mol. The van der Waals surface area contributed by atoms with Gasteiger partial charge in [0.05, 0.1) is 22.2 Å². The molecule has 65 heavy (non-hydrogen) atoms. The third kappa shape index (κ3) is 5.87. The van der Waals surface area contributed by atoms with Crippen LogP contribution in [0.25, 0.3) is 82.5 Å². The number of hydrogen-bond donors (Lipinski definition) is 0. The van der Waals surface area contributed by atoms with E-state index in [9.17, 15) is 0 Å². The number of anilines is 4. The summed E-state index contributed by atoms with van der Waals surface area (Å²) in [4.78, 5) is 13.6. The van der Waals surface area contributed by atoms with Crippen LogP contribution in [0.1, 0.15) is 13.8 Å². The van der Waals surface area contributed by atoms with E-state index in [1.807, 2.05) is 150 Å². The van der Waals surface area contributed by atoms with Gasteiger partial charge < -0.3 is 28.2 Å². The third-order valence-electron chi connectivity index (χ3n) is 12.5. The van der Waals surface area contributed by atoms with Gasteiger partial charge in [-0.3, -0.25) is 4.98 Å². The molecule has 13 rings (SSSR count). The van der Waals surface area contributed by atoms with Crippen LogP contribution in [0.15, 0.2) is 170 Å². The van der Waals surface area contributed by atoms with Gasteiger partial charge in [-0.1, -0.05) is 89.8 Å². The Labute approximate surface area is 397 Å². The zero-order valence-corrected chi connectivity index (χ0v) is 36.9. The molecule has 0 fully saturated rings. The van der Waals surface area contributed by atoms with E-state index in [1.165, 1.54) is 9.13 Å². The van der Waals surface area contributed by atoms with Crippen molar-refractivity contribution in [3.63, 3.8) is 0 Å². The Balaban J connectivity index is 0.00000517. The number of pyridine rings is 2. The Morgan fingerprint density at radius 3 is 1.97 bits per heavy atom. The van der Waals surface area contributed by atoms with Crippen LogP contribution in [0.5, 0.6) is 11.5 Å². The topological polar surface area (TPSA) is 56.3 Å². The minimum Gasteiger partial charge on any atom is -0.509 e. The van der Waals surface area contributed by atoms with Gasteiger partial charge in [0.2, 0.25) is 0 Å². The predicted octanol–water partition coefficient (Wildman–Crippen LogP) is 13.6. The largest absolute Gasteiger partial charge is 0.509 e. The first-order chi connectivity index (χ1) is 33.9. The number of fused-ring (bicyclic) bond motifs is 10. The van der Waals surface area contributed by atoms with Crippen LogP contribution >= 0.6 is 0 Å². The van der Waals surface area contributed by atoms with E-state index in [2.05, 4.69) is 41.8 Å². The van der Waals surface area contributed by atoms with Crippen LogP contribution in [-0.2, 0) is 35.0 Å². The van der Waals surface area contributed by atoms with Gasteiger partial charge in [-0.05, 0) is 66.6 Å². The fourth-order valence-corrected chi connectivity index (χ4v) is 9.63. The van der Waals surface area contributed by atoms with Crippen molar-refractivity contribution < 1.29 is 34.0 Å². The standard InChI is InChI=1S/C56H38N7O.Pt/c1-35-29-52(58-33-45(35)36-15-5-4-6-16-36)63-50-25-14-28-57-53(50)42-27-26-39(31-51(42)63)64-38-18-13-17-37(30-38)61-34-62(49-24-12-11-23-48(49)61)56-54-43(40-19-7-9-21-46(40)59(54)2)32-44-41-20-8-10-22-47(41)60(3)55(44)56;/h4-29,32-34H,1-3H3;/q-3;/i2D3,3D3;. The molecule has 0 N–H and O–H groups in total. The minimum atomic E-state index is -2.63. The Kier molecular flexibility index (Phi) is 7.58. The first-order valence-electron chi connectivity index (χ1n) is 24.0. The van der Waals surface area contributed by atoms with E-state index in [0.717, 1.165) is 60.9 Å². The molecule has 1 aliphatic rings. The molecule has 5 aromatic heterocycles. The smallest absolute Gasteiger partial charge is 0.135 e. The molecule has 6 heterocycles. The van der Waals surface area contributed by atoms with E-state index < -0.39 is 14.0 Å². The van der Waals surface area contributed by atoms with Crippen molar-refractivity contribution in [3.8, 4) is 28.4 Å². The molecule has 9 heteroatoms. The van der Waals surface area contributed by atoms with Crippen molar-refractivity contribution in [2.45, 2.75) is 6.92 Å². The molecular formula is C56H38N7OPt-3. The molecule has 316 valence electrons. The summed E-state index contributed by atoms with van der Waals surface area (Å²) < 4.78 is 65.0. The summed E-state index contributed by atoms with van der Waals surface area (Å²) >= 11 is 0. The van der Waals surface area contributed by atoms with Crippen LogP contribution in [0.2, 0.25) is 0 Å². The van der Waals surface area contributed by atoms with E-state index in [-0.39, 0.29) is 21.1 Å². The number of aromatic nitrogens is 5. The number of para-hydroxylation sites is 4. The van der Waals surface area contributed by atoms with Gasteiger partial charge in [-0.25, -0.2) is 4.98 Å². The fraction of sp³-hybridized carbons (Fsp3) is 0.0536. The zero-order chi connectivity index (χ0) is 47.6. The van der Waals surface area contributed by atoms with Crippen LogP contribution in [-0.4, -0.2) is 23.7 Å². The van der Waals surface area contributed by atoms with Crippen molar-refractivity contribution in [2.24, 2.45) is 14.0 Å². The Morgan fingerprint density at radius 2 is 1.25 bits per heavy atom. The SMILES string of the molecule is [2H]C([2H])([2H])n1c2ccccc2c2cc3c4ccccc4n(C([2H])([2H])[2H])c3c(N3[CH-]N(c4[c-]c(Oc5[c-]c6c(cc5)c5ncccc5n6-c5cc(C)c(-c6ccccc6)cn5)ccc4)c4ccccc43)c21.[Pt]. The van der Waals surface area contributed by atoms with Gasteiger partial charge in [0.15, 0.2) is 0 Å². The van der Waals surface area contributed by atoms with Crippen molar-refractivity contribution in [2.75, 3.05) is 9.80 Å². The van der Waals surface area contributed by atoms with Crippen molar-refractivity contribution in [1.82, 2.24) is 23.7 Å². The molecule has 12 aromatic rings. The second-order valence-corrected chi connectivity index (χ2v) is 16.1. The maximum Gasteiger partial charge on any atom is 0.135 e. The maximum absolute atomic E-state index is 8.93. The van der Waals surface area contributed by atoms with E-state index in [0.29, 0.717) is 61.4 Å². The average Bonchev–Trinajstić information content (AvgIpc) is 4.10. The number of benzene rings is 7. The zero-order valence-electron chi connectivity index (χ0n) is 40.6. The summed E-state index contributed by atoms with van der Waals surface area (Å²) in [6, 6.07) is 57.3. The van der Waals surface area contributed by atoms with E-state index >= 15 is 0 Å². The summed E-state index contributed by atoms with van der Waals surface area (Å²) in [6.07, 6.45) is 3.69. The Hall–Kier alpha value is -7.67. The second kappa shape index (κ2) is 15.0. The van der Waals surface area contributed by atoms with Gasteiger partial charge in [-0.15, -0.1) is 42.7 Å². The minimum absolute atomic E-state index is 0. The van der Waals surface area contributed by atoms with Gasteiger partial charge in [0, 0.05) is 122 Å². The summed E-state index contributed by atoms with van der Waals surface area (Å²) in [7, 11) is 0. The van der Waals surface area contributed by atoms with Crippen LogP contribution in [0, 0.1) is 25.7 Å². The molecule has 8 nitrogen and oxygen atoms in total. The summed E-state index contributed by atoms with van der Waals surface area (Å²) in [5.41, 5.74) is 9.99. The van der Waals surface area contributed by atoms with Crippen molar-refractivity contribution in [3.05, 3.63) is 194 Å². The molecule has 0 radical (unpaired) electrons. The predicted molar refractivity (Wildman–Crippen MR) is 260 cm³/mol. The number of nitrogens with zero attached hydrogens (tertiary/aromatic N) is 7.